The van der Waals surface area contributed by atoms with Gasteiger partial charge in [-0.2, -0.15) is 0 Å². The topological polar surface area (TPSA) is 66.0 Å². The second-order valence-corrected chi connectivity index (χ2v) is 2.99. The van der Waals surface area contributed by atoms with Crippen LogP contribution >= 0.6 is 12.6 Å². The number of hydrogen-bond donors (Lipinski definition) is 3. The molecule has 4 nitrogen and oxygen atoms in total. The lowest BCUT2D eigenvalue weighted by atomic mass is 10.2. The smallest absolute Gasteiger partial charge is 0.337 e. The molecule has 2 aromatic rings. The van der Waals surface area contributed by atoms with E-state index in [4.69, 9.17) is 5.11 Å². The number of aromatic carboxylic acids is 1. The Kier molecular flexibility index (Phi) is 1.73. The molecule has 2 N–H and O–H groups in total. The number of fused-ring (bicyclic) bond motifs is 1. The summed E-state index contributed by atoms with van der Waals surface area (Å²) in [4.78, 5) is 17.5. The number of rotatable bonds is 1. The van der Waals surface area contributed by atoms with Crippen molar-refractivity contribution in [3.63, 3.8) is 0 Å². The average molecular weight is 194 g/mol. The summed E-state index contributed by atoms with van der Waals surface area (Å²) in [6.07, 6.45) is 0. The Hall–Kier alpha value is -1.49. The van der Waals surface area contributed by atoms with Gasteiger partial charge in [0.15, 0.2) is 5.16 Å². The van der Waals surface area contributed by atoms with Crippen LogP contribution in [-0.2, 0) is 0 Å². The molecule has 0 aliphatic carbocycles. The first kappa shape index (κ1) is 8.12. The monoisotopic (exact) mass is 194 g/mol. The first-order chi connectivity index (χ1) is 6.18. The average Bonchev–Trinajstić information content (AvgIpc) is 2.43. The van der Waals surface area contributed by atoms with Gasteiger partial charge in [-0.05, 0) is 12.1 Å². The first-order valence-corrected chi connectivity index (χ1v) is 4.04. The fourth-order valence-electron chi connectivity index (χ4n) is 1.20. The minimum atomic E-state index is -0.970. The number of nitrogens with one attached hydrogen (secondary N) is 1. The lowest BCUT2D eigenvalue weighted by Crippen LogP contribution is -1.96. The Balaban J connectivity index is 2.82. The minimum Gasteiger partial charge on any atom is -0.478 e. The number of imidazole rings is 1. The second kappa shape index (κ2) is 2.77. The number of para-hydroxylation sites is 1. The Morgan fingerprint density at radius 2 is 2.31 bits per heavy atom. The van der Waals surface area contributed by atoms with Gasteiger partial charge in [-0.3, -0.25) is 0 Å². The third kappa shape index (κ3) is 1.27. The molecule has 0 aliphatic heterocycles. The number of aromatic amines is 1. The van der Waals surface area contributed by atoms with E-state index in [0.717, 1.165) is 0 Å². The van der Waals surface area contributed by atoms with E-state index in [2.05, 4.69) is 22.6 Å². The fourth-order valence-corrected chi connectivity index (χ4v) is 1.42. The van der Waals surface area contributed by atoms with Crippen LogP contribution in [0.15, 0.2) is 23.4 Å². The predicted octanol–water partition coefficient (Wildman–Crippen LogP) is 1.55. The zero-order chi connectivity index (χ0) is 9.42. The van der Waals surface area contributed by atoms with Crippen LogP contribution in [0, 0.1) is 0 Å². The van der Waals surface area contributed by atoms with Crippen LogP contribution in [0.25, 0.3) is 11.0 Å². The number of hydrogen-bond acceptors (Lipinski definition) is 3. The quantitative estimate of drug-likeness (QED) is 0.603. The Bertz CT molecular complexity index is 478. The number of nitrogens with zero attached hydrogens (tertiary/aromatic N) is 1. The van der Waals surface area contributed by atoms with Gasteiger partial charge < -0.3 is 10.1 Å². The van der Waals surface area contributed by atoms with Gasteiger partial charge in [0.2, 0.25) is 0 Å². The Morgan fingerprint density at radius 1 is 1.54 bits per heavy atom. The lowest BCUT2D eigenvalue weighted by molar-refractivity contribution is 0.0699. The maximum absolute atomic E-state index is 10.8. The molecule has 1 aromatic carbocycles. The molecule has 0 spiro atoms. The third-order valence-corrected chi connectivity index (χ3v) is 1.95. The second-order valence-electron chi connectivity index (χ2n) is 2.57. The molecule has 1 aromatic heterocycles. The van der Waals surface area contributed by atoms with E-state index >= 15 is 0 Å². The zero-order valence-corrected chi connectivity index (χ0v) is 7.38. The molecule has 0 fully saturated rings. The maximum atomic E-state index is 10.8. The Morgan fingerprint density at radius 3 is 3.00 bits per heavy atom. The van der Waals surface area contributed by atoms with Crippen molar-refractivity contribution in [3.05, 3.63) is 23.8 Å². The summed E-state index contributed by atoms with van der Waals surface area (Å²) in [5.41, 5.74) is 1.34. The van der Waals surface area contributed by atoms with Crippen molar-refractivity contribution in [1.82, 2.24) is 9.97 Å². The molecule has 0 aliphatic rings. The first-order valence-electron chi connectivity index (χ1n) is 3.59. The molecule has 0 saturated heterocycles. The number of thiol groups is 1. The van der Waals surface area contributed by atoms with Gasteiger partial charge >= 0.3 is 5.97 Å². The van der Waals surface area contributed by atoms with Crippen molar-refractivity contribution in [2.24, 2.45) is 0 Å². The summed E-state index contributed by atoms with van der Waals surface area (Å²) in [5, 5.41) is 9.24. The van der Waals surface area contributed by atoms with Gasteiger partial charge in [0.1, 0.15) is 0 Å². The standard InChI is InChI=1S/C8H6N2O2S/c11-7(12)4-2-1-3-5-6(4)10-8(13)9-5/h1-3H,(H,11,12)(H2,9,10,13). The van der Waals surface area contributed by atoms with Crippen LogP contribution in [0.5, 0.6) is 0 Å². The summed E-state index contributed by atoms with van der Waals surface area (Å²) < 4.78 is 0. The summed E-state index contributed by atoms with van der Waals surface area (Å²) in [6, 6.07) is 4.91. The molecule has 2 rings (SSSR count). The number of benzene rings is 1. The van der Waals surface area contributed by atoms with Crippen molar-refractivity contribution in [1.29, 1.82) is 0 Å². The molecule has 13 heavy (non-hydrogen) atoms. The van der Waals surface area contributed by atoms with E-state index in [0.29, 0.717) is 16.2 Å². The minimum absolute atomic E-state index is 0.213. The van der Waals surface area contributed by atoms with Crippen LogP contribution in [0.4, 0.5) is 0 Å². The van der Waals surface area contributed by atoms with Crippen molar-refractivity contribution < 1.29 is 9.90 Å². The fraction of sp³-hybridized carbons (Fsp3) is 0. The zero-order valence-electron chi connectivity index (χ0n) is 6.48. The third-order valence-electron chi connectivity index (χ3n) is 1.74. The summed E-state index contributed by atoms with van der Waals surface area (Å²) >= 11 is 4.00. The highest BCUT2D eigenvalue weighted by molar-refractivity contribution is 7.80. The van der Waals surface area contributed by atoms with E-state index in [1.165, 1.54) is 6.07 Å². The molecule has 0 radical (unpaired) electrons. The number of carbonyl (C=O) groups is 1. The van der Waals surface area contributed by atoms with Crippen molar-refractivity contribution in [2.45, 2.75) is 5.16 Å². The normalized spacial score (nSPS) is 10.5. The number of carboxylic acid groups (broad SMARTS) is 1. The van der Waals surface area contributed by atoms with Gasteiger partial charge in [-0.15, -0.1) is 12.6 Å². The highest BCUT2D eigenvalue weighted by atomic mass is 32.1. The SMILES string of the molecule is O=C(O)c1cccc2nc(S)[nH]c12. The molecule has 0 amide bonds. The van der Waals surface area contributed by atoms with Crippen LogP contribution in [0.1, 0.15) is 10.4 Å². The van der Waals surface area contributed by atoms with E-state index in [9.17, 15) is 4.79 Å². The van der Waals surface area contributed by atoms with E-state index in [1.54, 1.807) is 12.1 Å². The molecule has 1 heterocycles. The lowest BCUT2D eigenvalue weighted by Gasteiger charge is -1.93. The molecule has 0 saturated carbocycles. The van der Waals surface area contributed by atoms with Gasteiger partial charge in [0, 0.05) is 0 Å². The van der Waals surface area contributed by atoms with Gasteiger partial charge in [0.25, 0.3) is 0 Å². The number of carboxylic acids is 1. The number of H-pyrrole nitrogens is 1. The summed E-state index contributed by atoms with van der Waals surface area (Å²) in [7, 11) is 0. The van der Waals surface area contributed by atoms with Crippen LogP contribution in [-0.4, -0.2) is 21.0 Å². The van der Waals surface area contributed by atoms with Crippen LogP contribution < -0.4 is 0 Å². The highest BCUT2D eigenvalue weighted by Gasteiger charge is 2.10. The molecule has 0 unspecified atom stereocenters. The van der Waals surface area contributed by atoms with E-state index < -0.39 is 5.97 Å². The highest BCUT2D eigenvalue weighted by Crippen LogP contribution is 2.17. The van der Waals surface area contributed by atoms with Gasteiger partial charge in [0.05, 0.1) is 16.6 Å². The van der Waals surface area contributed by atoms with Crippen LogP contribution in [0.3, 0.4) is 0 Å². The Labute approximate surface area is 79.0 Å². The molecule has 66 valence electrons. The van der Waals surface area contributed by atoms with E-state index in [-0.39, 0.29) is 5.56 Å². The molecule has 0 atom stereocenters. The molecule has 5 heteroatoms. The molecular formula is C8H6N2O2S. The van der Waals surface area contributed by atoms with Crippen LogP contribution in [0.2, 0.25) is 0 Å². The molecular weight excluding hydrogens is 188 g/mol. The summed E-state index contributed by atoms with van der Waals surface area (Å²) in [6.45, 7) is 0. The van der Waals surface area contributed by atoms with Crippen molar-refractivity contribution in [3.8, 4) is 0 Å². The molecule has 0 bridgehead atoms. The largest absolute Gasteiger partial charge is 0.478 e. The maximum Gasteiger partial charge on any atom is 0.337 e. The van der Waals surface area contributed by atoms with Gasteiger partial charge in [-0.1, -0.05) is 6.07 Å². The van der Waals surface area contributed by atoms with Gasteiger partial charge in [-0.25, -0.2) is 9.78 Å². The van der Waals surface area contributed by atoms with Crippen molar-refractivity contribution >= 4 is 29.6 Å². The predicted molar refractivity (Wildman–Crippen MR) is 50.3 cm³/mol. The van der Waals surface area contributed by atoms with Crippen molar-refractivity contribution in [2.75, 3.05) is 0 Å². The summed E-state index contributed by atoms with van der Waals surface area (Å²) in [5.74, 6) is -0.970. The van der Waals surface area contributed by atoms with E-state index in [1.807, 2.05) is 0 Å². The number of aromatic nitrogens is 2.